The van der Waals surface area contributed by atoms with Crippen LogP contribution in [0.1, 0.15) is 17.2 Å². The van der Waals surface area contributed by atoms with Crippen molar-refractivity contribution in [3.63, 3.8) is 0 Å². The van der Waals surface area contributed by atoms with Gasteiger partial charge in [0.25, 0.3) is 5.69 Å². The predicted molar refractivity (Wildman–Crippen MR) is 57.1 cm³/mol. The second kappa shape index (κ2) is 5.57. The Kier molecular flexibility index (Phi) is 4.33. The van der Waals surface area contributed by atoms with Crippen LogP contribution in [0.5, 0.6) is 5.75 Å². The molecule has 1 unspecified atom stereocenters. The zero-order chi connectivity index (χ0) is 14.7. The Hall–Kier alpha value is -2.29. The van der Waals surface area contributed by atoms with Crippen LogP contribution in [0, 0.1) is 17.0 Å². The molecule has 0 spiro atoms. The molecule has 19 heavy (non-hydrogen) atoms. The van der Waals surface area contributed by atoms with E-state index in [9.17, 15) is 28.8 Å². The lowest BCUT2D eigenvalue weighted by molar-refractivity contribution is -0.385. The maximum atomic E-state index is 12.2. The number of aliphatic hydroxyl groups is 1. The first kappa shape index (κ1) is 14.8. The van der Waals surface area contributed by atoms with Gasteiger partial charge in [0.05, 0.1) is 11.0 Å². The van der Waals surface area contributed by atoms with Crippen LogP contribution in [-0.4, -0.2) is 27.7 Å². The molecule has 0 aromatic heterocycles. The van der Waals surface area contributed by atoms with Crippen molar-refractivity contribution in [2.75, 3.05) is 0 Å². The normalized spacial score (nSPS) is 12.3. The van der Waals surface area contributed by atoms with Crippen LogP contribution in [-0.2, 0) is 4.79 Å². The largest absolute Gasteiger partial charge is 0.479 e. The average Bonchev–Trinajstić information content (AvgIpc) is 2.28. The maximum absolute atomic E-state index is 12.2. The number of benzene rings is 1. The number of halogens is 2. The third kappa shape index (κ3) is 3.35. The van der Waals surface area contributed by atoms with Crippen LogP contribution < -0.4 is 4.74 Å². The van der Waals surface area contributed by atoms with Gasteiger partial charge in [-0.05, 0) is 13.0 Å². The molecule has 104 valence electrons. The van der Waals surface area contributed by atoms with Gasteiger partial charge < -0.3 is 14.9 Å². The summed E-state index contributed by atoms with van der Waals surface area (Å²) in [5.74, 6) is -2.44. The zero-order valence-corrected chi connectivity index (χ0v) is 9.54. The number of rotatable bonds is 5. The molecule has 1 aromatic carbocycles. The van der Waals surface area contributed by atoms with Gasteiger partial charge in [0.2, 0.25) is 0 Å². The van der Waals surface area contributed by atoms with E-state index in [2.05, 4.69) is 4.74 Å². The van der Waals surface area contributed by atoms with Crippen molar-refractivity contribution in [3.8, 4) is 5.75 Å². The number of carbonyl (C=O) groups is 1. The van der Waals surface area contributed by atoms with Crippen molar-refractivity contribution in [2.24, 2.45) is 0 Å². The Morgan fingerprint density at radius 1 is 1.47 bits per heavy atom. The Morgan fingerprint density at radius 2 is 2.05 bits per heavy atom. The van der Waals surface area contributed by atoms with Gasteiger partial charge in [-0.1, -0.05) is 0 Å². The van der Waals surface area contributed by atoms with Gasteiger partial charge in [-0.25, -0.2) is 4.79 Å². The van der Waals surface area contributed by atoms with Crippen molar-refractivity contribution < 1.29 is 33.4 Å². The number of alkyl halides is 2. The molecule has 0 amide bonds. The highest BCUT2D eigenvalue weighted by atomic mass is 19.3. The van der Waals surface area contributed by atoms with E-state index < -0.39 is 40.6 Å². The lowest BCUT2D eigenvalue weighted by atomic mass is 10.0. The van der Waals surface area contributed by atoms with E-state index in [1.165, 1.54) is 6.92 Å². The van der Waals surface area contributed by atoms with Crippen LogP contribution in [0.3, 0.4) is 0 Å². The summed E-state index contributed by atoms with van der Waals surface area (Å²) in [5, 5.41) is 28.6. The van der Waals surface area contributed by atoms with E-state index in [1.54, 1.807) is 0 Å². The van der Waals surface area contributed by atoms with E-state index >= 15 is 0 Å². The topological polar surface area (TPSA) is 110 Å². The minimum atomic E-state index is -3.30. The second-order valence-electron chi connectivity index (χ2n) is 3.55. The highest BCUT2D eigenvalue weighted by Crippen LogP contribution is 2.33. The fourth-order valence-electron chi connectivity index (χ4n) is 1.44. The second-order valence-corrected chi connectivity index (χ2v) is 3.55. The minimum Gasteiger partial charge on any atom is -0.479 e. The molecule has 0 saturated heterocycles. The maximum Gasteiger partial charge on any atom is 0.387 e. The van der Waals surface area contributed by atoms with Gasteiger partial charge >= 0.3 is 12.6 Å². The molecule has 1 aromatic rings. The number of carboxylic acids is 1. The van der Waals surface area contributed by atoms with E-state index in [0.717, 1.165) is 6.07 Å². The summed E-state index contributed by atoms with van der Waals surface area (Å²) in [6, 6.07) is 1.58. The van der Waals surface area contributed by atoms with E-state index in [0.29, 0.717) is 6.07 Å². The van der Waals surface area contributed by atoms with Gasteiger partial charge in [0.15, 0.2) is 6.10 Å². The molecular weight excluding hydrogens is 268 g/mol. The van der Waals surface area contributed by atoms with Gasteiger partial charge in [-0.3, -0.25) is 10.1 Å². The molecule has 1 atom stereocenters. The molecule has 1 rings (SSSR count). The molecule has 7 nitrogen and oxygen atoms in total. The summed E-state index contributed by atoms with van der Waals surface area (Å²) < 4.78 is 28.4. The van der Waals surface area contributed by atoms with Crippen LogP contribution in [0.15, 0.2) is 12.1 Å². The predicted octanol–water partition coefficient (Wildman–Crippen LogP) is 1.62. The standard InChI is InChI=1S/C10H9F2NO6/c1-4-2-5(8(14)9(15)16)7(19-10(11)12)3-6(4)13(17)18/h2-3,8,10,14H,1H3,(H,15,16). The molecule has 0 radical (unpaired) electrons. The van der Waals surface area contributed by atoms with Crippen LogP contribution in [0.4, 0.5) is 14.5 Å². The molecule has 0 fully saturated rings. The number of aliphatic carboxylic acids is 1. The first-order valence-corrected chi connectivity index (χ1v) is 4.88. The SMILES string of the molecule is Cc1cc(C(O)C(=O)O)c(OC(F)F)cc1[N+](=O)[O-]. The van der Waals surface area contributed by atoms with Crippen LogP contribution in [0.25, 0.3) is 0 Å². The highest BCUT2D eigenvalue weighted by Gasteiger charge is 2.26. The smallest absolute Gasteiger partial charge is 0.387 e. The number of nitrogens with zero attached hydrogens (tertiary/aromatic N) is 1. The molecule has 0 aliphatic heterocycles. The summed E-state index contributed by atoms with van der Waals surface area (Å²) in [7, 11) is 0. The average molecular weight is 277 g/mol. The minimum absolute atomic E-state index is 0.0157. The number of ether oxygens (including phenoxy) is 1. The highest BCUT2D eigenvalue weighted by molar-refractivity contribution is 5.75. The number of aliphatic hydroxyl groups excluding tert-OH is 1. The first-order valence-electron chi connectivity index (χ1n) is 4.88. The number of nitro groups is 1. The molecule has 2 N–H and O–H groups in total. The lowest BCUT2D eigenvalue weighted by Gasteiger charge is -2.14. The fourth-order valence-corrected chi connectivity index (χ4v) is 1.44. The number of hydrogen-bond donors (Lipinski definition) is 2. The fraction of sp³-hybridized carbons (Fsp3) is 0.300. The molecule has 0 saturated carbocycles. The number of nitro benzene ring substituents is 1. The summed E-state index contributed by atoms with van der Waals surface area (Å²) in [4.78, 5) is 20.5. The number of aryl methyl sites for hydroxylation is 1. The number of carboxylic acid groups (broad SMARTS) is 1. The zero-order valence-electron chi connectivity index (χ0n) is 9.54. The molecule has 0 bridgehead atoms. The van der Waals surface area contributed by atoms with Crippen molar-refractivity contribution in [1.82, 2.24) is 0 Å². The van der Waals surface area contributed by atoms with Crippen molar-refractivity contribution >= 4 is 11.7 Å². The third-order valence-corrected chi connectivity index (χ3v) is 2.27. The van der Waals surface area contributed by atoms with E-state index in [-0.39, 0.29) is 5.56 Å². The van der Waals surface area contributed by atoms with Gasteiger partial charge in [0.1, 0.15) is 5.75 Å². The Bertz CT molecular complexity index is 519. The summed E-state index contributed by atoms with van der Waals surface area (Å²) in [5.41, 5.74) is -0.977. The summed E-state index contributed by atoms with van der Waals surface area (Å²) in [6.45, 7) is -2.02. The third-order valence-electron chi connectivity index (χ3n) is 2.27. The van der Waals surface area contributed by atoms with Crippen molar-refractivity contribution in [3.05, 3.63) is 33.4 Å². The van der Waals surface area contributed by atoms with E-state index in [1.807, 2.05) is 0 Å². The quantitative estimate of drug-likeness (QED) is 0.625. The molecule has 0 heterocycles. The monoisotopic (exact) mass is 277 g/mol. The molecular formula is C10H9F2NO6. The molecule has 9 heteroatoms. The number of hydrogen-bond acceptors (Lipinski definition) is 5. The summed E-state index contributed by atoms with van der Waals surface area (Å²) in [6.07, 6.45) is -2.12. The summed E-state index contributed by atoms with van der Waals surface area (Å²) >= 11 is 0. The first-order chi connectivity index (χ1) is 8.73. The van der Waals surface area contributed by atoms with Crippen LogP contribution in [0.2, 0.25) is 0 Å². The Balaban J connectivity index is 3.39. The molecule has 0 aliphatic rings. The van der Waals surface area contributed by atoms with Gasteiger partial charge in [0, 0.05) is 11.1 Å². The van der Waals surface area contributed by atoms with Gasteiger partial charge in [-0.15, -0.1) is 0 Å². The Morgan fingerprint density at radius 3 is 2.47 bits per heavy atom. The molecule has 0 aliphatic carbocycles. The van der Waals surface area contributed by atoms with E-state index in [4.69, 9.17) is 5.11 Å². The van der Waals surface area contributed by atoms with Crippen molar-refractivity contribution in [2.45, 2.75) is 19.6 Å². The van der Waals surface area contributed by atoms with Gasteiger partial charge in [-0.2, -0.15) is 8.78 Å². The van der Waals surface area contributed by atoms with Crippen LogP contribution >= 0.6 is 0 Å². The van der Waals surface area contributed by atoms with Crippen molar-refractivity contribution in [1.29, 1.82) is 0 Å². The Labute approximate surface area is 105 Å². The lowest BCUT2D eigenvalue weighted by Crippen LogP contribution is -2.14.